The lowest BCUT2D eigenvalue weighted by atomic mass is 10.1. The summed E-state index contributed by atoms with van der Waals surface area (Å²) >= 11 is 0. The van der Waals surface area contributed by atoms with Crippen LogP contribution in [0.1, 0.15) is 49.0 Å². The van der Waals surface area contributed by atoms with Gasteiger partial charge in [0.05, 0.1) is 6.04 Å². The molecule has 0 spiro atoms. The number of benzene rings is 1. The summed E-state index contributed by atoms with van der Waals surface area (Å²) < 4.78 is 0. The molecule has 7 heteroatoms. The number of nitrogens with one attached hydrogen (secondary N) is 1. The summed E-state index contributed by atoms with van der Waals surface area (Å²) in [7, 11) is 0. The molecular formula is C23H34N4O3. The van der Waals surface area contributed by atoms with E-state index in [2.05, 4.69) is 19.2 Å². The van der Waals surface area contributed by atoms with Crippen LogP contribution in [0.2, 0.25) is 0 Å². The van der Waals surface area contributed by atoms with Crippen LogP contribution in [-0.2, 0) is 9.59 Å². The first-order chi connectivity index (χ1) is 14.3. The minimum atomic E-state index is -0.600. The van der Waals surface area contributed by atoms with E-state index in [0.717, 1.165) is 18.4 Å². The topological polar surface area (TPSA) is 95.7 Å². The van der Waals surface area contributed by atoms with Crippen molar-refractivity contribution in [3.8, 4) is 0 Å². The van der Waals surface area contributed by atoms with Crippen molar-refractivity contribution in [3.05, 3.63) is 35.4 Å². The van der Waals surface area contributed by atoms with Crippen molar-refractivity contribution in [2.75, 3.05) is 26.2 Å². The minimum Gasteiger partial charge on any atom is -0.353 e. The van der Waals surface area contributed by atoms with Gasteiger partial charge in [-0.1, -0.05) is 31.5 Å². The van der Waals surface area contributed by atoms with E-state index in [1.807, 2.05) is 24.0 Å². The quantitative estimate of drug-likeness (QED) is 0.675. The van der Waals surface area contributed by atoms with Gasteiger partial charge in [-0.25, -0.2) is 0 Å². The molecule has 30 heavy (non-hydrogen) atoms. The maximum atomic E-state index is 13.3. The Kier molecular flexibility index (Phi) is 7.13. The van der Waals surface area contributed by atoms with E-state index >= 15 is 0 Å². The van der Waals surface area contributed by atoms with E-state index in [9.17, 15) is 14.4 Å². The Bertz CT molecular complexity index is 773. The molecule has 1 aromatic carbocycles. The molecule has 1 saturated heterocycles. The molecule has 2 atom stereocenters. The van der Waals surface area contributed by atoms with Gasteiger partial charge in [0.1, 0.15) is 6.04 Å². The average Bonchev–Trinajstić information content (AvgIpc) is 3.48. The predicted octanol–water partition coefficient (Wildman–Crippen LogP) is 1.55. The Morgan fingerprint density at radius 2 is 1.87 bits per heavy atom. The fourth-order valence-corrected chi connectivity index (χ4v) is 4.06. The molecule has 3 N–H and O–H groups in total. The second-order valence-electron chi connectivity index (χ2n) is 8.97. The van der Waals surface area contributed by atoms with E-state index in [0.29, 0.717) is 44.1 Å². The van der Waals surface area contributed by atoms with E-state index in [1.54, 1.807) is 17.0 Å². The number of carbonyl (C=O) groups is 3. The summed E-state index contributed by atoms with van der Waals surface area (Å²) in [6.07, 6.45) is 2.33. The Labute approximate surface area is 179 Å². The van der Waals surface area contributed by atoms with Crippen molar-refractivity contribution < 1.29 is 14.4 Å². The third-order valence-electron chi connectivity index (χ3n) is 5.80. The molecule has 3 amide bonds. The fourth-order valence-electron chi connectivity index (χ4n) is 4.06. The normalized spacial score (nSPS) is 21.0. The first-order valence-electron chi connectivity index (χ1n) is 11.0. The van der Waals surface area contributed by atoms with E-state index in [-0.39, 0.29) is 29.7 Å². The highest BCUT2D eigenvalue weighted by atomic mass is 16.2. The summed E-state index contributed by atoms with van der Waals surface area (Å²) in [4.78, 5) is 42.6. The summed E-state index contributed by atoms with van der Waals surface area (Å²) in [5.74, 6) is 0.217. The van der Waals surface area contributed by atoms with Gasteiger partial charge in [0.15, 0.2) is 0 Å². The maximum Gasteiger partial charge on any atom is 0.254 e. The van der Waals surface area contributed by atoms with Gasteiger partial charge in [-0.15, -0.1) is 0 Å². The molecule has 1 aliphatic carbocycles. The zero-order valence-corrected chi connectivity index (χ0v) is 18.3. The summed E-state index contributed by atoms with van der Waals surface area (Å²) in [5, 5.41) is 2.82. The van der Waals surface area contributed by atoms with Crippen LogP contribution in [0.25, 0.3) is 0 Å². The van der Waals surface area contributed by atoms with Crippen LogP contribution in [0.4, 0.5) is 0 Å². The molecule has 1 heterocycles. The molecular weight excluding hydrogens is 380 g/mol. The van der Waals surface area contributed by atoms with Crippen molar-refractivity contribution in [1.82, 2.24) is 15.1 Å². The molecule has 3 rings (SSSR count). The lowest BCUT2D eigenvalue weighted by molar-refractivity contribution is -0.135. The smallest absolute Gasteiger partial charge is 0.254 e. The molecule has 0 radical (unpaired) electrons. The molecule has 164 valence electrons. The molecule has 2 unspecified atom stereocenters. The molecule has 2 aliphatic rings. The van der Waals surface area contributed by atoms with Crippen LogP contribution in [0, 0.1) is 18.8 Å². The monoisotopic (exact) mass is 414 g/mol. The molecule has 1 saturated carbocycles. The summed E-state index contributed by atoms with van der Waals surface area (Å²) in [5.41, 5.74) is 7.17. The average molecular weight is 415 g/mol. The number of nitrogens with zero attached hydrogens (tertiary/aromatic N) is 2. The van der Waals surface area contributed by atoms with Gasteiger partial charge in [0.25, 0.3) is 5.91 Å². The van der Waals surface area contributed by atoms with E-state index in [4.69, 9.17) is 5.73 Å². The zero-order valence-electron chi connectivity index (χ0n) is 18.3. The number of aryl methyl sites for hydroxylation is 1. The standard InChI is InChI=1S/C23H34N4O3/c1-15(2)13-26(22(29)18-8-9-18)19-12-20(21(28)25-11-10-24)27(14-19)23(30)17-6-4-16(3)5-7-17/h4-7,15,18-20H,8-14,24H2,1-3H3,(H,25,28). The number of rotatable bonds is 8. The zero-order chi connectivity index (χ0) is 21.8. The fraction of sp³-hybridized carbons (Fsp3) is 0.609. The highest BCUT2D eigenvalue weighted by Gasteiger charge is 2.45. The predicted molar refractivity (Wildman–Crippen MR) is 116 cm³/mol. The molecule has 1 aromatic rings. The van der Waals surface area contributed by atoms with Gasteiger partial charge in [0, 0.05) is 37.7 Å². The highest BCUT2D eigenvalue weighted by molar-refractivity contribution is 5.98. The maximum absolute atomic E-state index is 13.3. The lowest BCUT2D eigenvalue weighted by Crippen LogP contribution is -2.47. The number of carbonyl (C=O) groups excluding carboxylic acids is 3. The Morgan fingerprint density at radius 1 is 1.20 bits per heavy atom. The van der Waals surface area contributed by atoms with E-state index in [1.165, 1.54) is 0 Å². The largest absolute Gasteiger partial charge is 0.353 e. The number of nitrogens with two attached hydrogens (primary N) is 1. The van der Waals surface area contributed by atoms with Gasteiger partial charge in [0.2, 0.25) is 11.8 Å². The van der Waals surface area contributed by atoms with Gasteiger partial charge in [-0.2, -0.15) is 0 Å². The molecule has 2 fully saturated rings. The number of amides is 3. The minimum absolute atomic E-state index is 0.107. The third-order valence-corrected chi connectivity index (χ3v) is 5.80. The summed E-state index contributed by atoms with van der Waals surface area (Å²) in [6, 6.07) is 6.63. The van der Waals surface area contributed by atoms with Crippen LogP contribution in [0.15, 0.2) is 24.3 Å². The highest BCUT2D eigenvalue weighted by Crippen LogP contribution is 2.34. The van der Waals surface area contributed by atoms with Gasteiger partial charge in [-0.05, 0) is 44.2 Å². The second-order valence-corrected chi connectivity index (χ2v) is 8.97. The molecule has 0 bridgehead atoms. The molecule has 7 nitrogen and oxygen atoms in total. The van der Waals surface area contributed by atoms with Crippen molar-refractivity contribution in [2.24, 2.45) is 17.6 Å². The van der Waals surface area contributed by atoms with E-state index < -0.39 is 6.04 Å². The van der Waals surface area contributed by atoms with Gasteiger partial charge >= 0.3 is 0 Å². The van der Waals surface area contributed by atoms with Gasteiger partial charge < -0.3 is 20.9 Å². The van der Waals surface area contributed by atoms with Crippen molar-refractivity contribution in [3.63, 3.8) is 0 Å². The van der Waals surface area contributed by atoms with Crippen LogP contribution in [0.5, 0.6) is 0 Å². The van der Waals surface area contributed by atoms with Crippen LogP contribution in [0.3, 0.4) is 0 Å². The van der Waals surface area contributed by atoms with Crippen molar-refractivity contribution in [2.45, 2.75) is 52.1 Å². The number of hydrogen-bond acceptors (Lipinski definition) is 4. The Balaban J connectivity index is 1.84. The van der Waals surface area contributed by atoms with Crippen LogP contribution in [-0.4, -0.2) is 65.8 Å². The second kappa shape index (κ2) is 9.60. The third kappa shape index (κ3) is 5.19. The Hall–Kier alpha value is -2.41. The lowest BCUT2D eigenvalue weighted by Gasteiger charge is -2.31. The van der Waals surface area contributed by atoms with Gasteiger partial charge in [-0.3, -0.25) is 14.4 Å². The van der Waals surface area contributed by atoms with Crippen LogP contribution >= 0.6 is 0 Å². The first-order valence-corrected chi connectivity index (χ1v) is 11.0. The molecule has 1 aliphatic heterocycles. The van der Waals surface area contributed by atoms with Crippen LogP contribution < -0.4 is 11.1 Å². The molecule has 0 aromatic heterocycles. The SMILES string of the molecule is Cc1ccc(C(=O)N2CC(N(CC(C)C)C(=O)C3CC3)CC2C(=O)NCCN)cc1. The summed E-state index contributed by atoms with van der Waals surface area (Å²) in [6.45, 7) is 7.86. The number of likely N-dealkylation sites (tertiary alicyclic amines) is 1. The Morgan fingerprint density at radius 3 is 2.43 bits per heavy atom. The van der Waals surface area contributed by atoms with Crippen molar-refractivity contribution >= 4 is 17.7 Å². The number of hydrogen-bond donors (Lipinski definition) is 2. The first kappa shape index (κ1) is 22.3. The van der Waals surface area contributed by atoms with Crippen molar-refractivity contribution in [1.29, 1.82) is 0 Å².